The number of anilines is 2. The molecule has 0 bridgehead atoms. The fourth-order valence-electron chi connectivity index (χ4n) is 2.26. The van der Waals surface area contributed by atoms with Gasteiger partial charge in [0, 0.05) is 20.1 Å². The van der Waals surface area contributed by atoms with Crippen molar-refractivity contribution >= 4 is 22.8 Å². The molecule has 0 spiro atoms. The van der Waals surface area contributed by atoms with Crippen molar-refractivity contribution in [2.45, 2.75) is 19.6 Å². The topological polar surface area (TPSA) is 87.9 Å². The van der Waals surface area contributed by atoms with Crippen LogP contribution in [0.3, 0.4) is 0 Å². The molecule has 7 nitrogen and oxygen atoms in total. The molecule has 0 amide bonds. The van der Waals surface area contributed by atoms with Crippen molar-refractivity contribution in [2.24, 2.45) is 7.05 Å². The molecule has 0 aliphatic rings. The predicted molar refractivity (Wildman–Crippen MR) is 90.2 cm³/mol. The second-order valence-corrected chi connectivity index (χ2v) is 5.47. The molecule has 0 radical (unpaired) electrons. The molecule has 0 saturated heterocycles. The van der Waals surface area contributed by atoms with Crippen LogP contribution in [0, 0.1) is 0 Å². The largest absolute Gasteiger partial charge is 0.392 e. The van der Waals surface area contributed by atoms with Gasteiger partial charge in [-0.15, -0.1) is 0 Å². The molecular weight excluding hydrogens is 292 g/mol. The minimum absolute atomic E-state index is 0.390. The molecule has 3 aromatic rings. The minimum atomic E-state index is -0.471. The Bertz CT molecular complexity index is 784. The fraction of sp³-hybridized carbons (Fsp3) is 0.312. The summed E-state index contributed by atoms with van der Waals surface area (Å²) in [5.74, 6) is 1.19. The average Bonchev–Trinajstić information content (AvgIpc) is 2.93. The Balaban J connectivity index is 1.87. The number of hydrogen-bond acceptors (Lipinski definition) is 6. The van der Waals surface area contributed by atoms with E-state index in [2.05, 4.69) is 37.8 Å². The number of aliphatic hydroxyl groups is 1. The Hall–Kier alpha value is -2.67. The Morgan fingerprint density at radius 3 is 2.70 bits per heavy atom. The second kappa shape index (κ2) is 6.62. The lowest BCUT2D eigenvalue weighted by Gasteiger charge is -2.11. The van der Waals surface area contributed by atoms with Crippen LogP contribution in [0.4, 0.5) is 11.8 Å². The Morgan fingerprint density at radius 2 is 1.96 bits per heavy atom. The van der Waals surface area contributed by atoms with E-state index < -0.39 is 6.10 Å². The lowest BCUT2D eigenvalue weighted by atomic mass is 10.2. The summed E-state index contributed by atoms with van der Waals surface area (Å²) in [5, 5.41) is 20.9. The maximum absolute atomic E-state index is 9.41. The summed E-state index contributed by atoms with van der Waals surface area (Å²) >= 11 is 0. The van der Waals surface area contributed by atoms with Crippen LogP contribution in [-0.4, -0.2) is 37.5 Å². The average molecular weight is 312 g/mol. The zero-order valence-electron chi connectivity index (χ0n) is 13.2. The van der Waals surface area contributed by atoms with Crippen LogP contribution in [-0.2, 0) is 13.6 Å². The molecular formula is C16H20N6O. The van der Waals surface area contributed by atoms with E-state index in [0.717, 1.165) is 16.9 Å². The molecule has 3 rings (SSSR count). The lowest BCUT2D eigenvalue weighted by Crippen LogP contribution is -2.17. The molecule has 0 aliphatic carbocycles. The van der Waals surface area contributed by atoms with Crippen LogP contribution in [0.2, 0.25) is 0 Å². The van der Waals surface area contributed by atoms with Gasteiger partial charge < -0.3 is 15.7 Å². The minimum Gasteiger partial charge on any atom is -0.392 e. The highest BCUT2D eigenvalue weighted by atomic mass is 16.3. The van der Waals surface area contributed by atoms with E-state index >= 15 is 0 Å². The molecule has 2 aromatic heterocycles. The number of nitrogens with one attached hydrogen (secondary N) is 2. The van der Waals surface area contributed by atoms with Crippen molar-refractivity contribution in [3.63, 3.8) is 0 Å². The Morgan fingerprint density at radius 1 is 1.17 bits per heavy atom. The molecule has 2 heterocycles. The van der Waals surface area contributed by atoms with Crippen LogP contribution in [0.25, 0.3) is 11.0 Å². The van der Waals surface area contributed by atoms with Gasteiger partial charge in [0.1, 0.15) is 5.82 Å². The first-order valence-electron chi connectivity index (χ1n) is 7.53. The lowest BCUT2D eigenvalue weighted by molar-refractivity contribution is 0.208. The summed E-state index contributed by atoms with van der Waals surface area (Å²) in [7, 11) is 1.84. The maximum Gasteiger partial charge on any atom is 0.226 e. The van der Waals surface area contributed by atoms with Gasteiger partial charge in [-0.25, -0.2) is 0 Å². The number of nitrogens with zero attached hydrogens (tertiary/aromatic N) is 4. The number of aliphatic hydroxyl groups excluding tert-OH is 1. The maximum atomic E-state index is 9.41. The number of hydrogen-bond donors (Lipinski definition) is 3. The van der Waals surface area contributed by atoms with Crippen molar-refractivity contribution in [1.82, 2.24) is 19.7 Å². The van der Waals surface area contributed by atoms with Gasteiger partial charge in [0.15, 0.2) is 5.65 Å². The number of rotatable bonds is 6. The van der Waals surface area contributed by atoms with Crippen LogP contribution in [0.1, 0.15) is 12.5 Å². The standard InChI is InChI=1S/C16H20N6O/c1-11(23)8-18-16-20-14(13-10-19-22(2)15(13)21-16)17-9-12-6-4-3-5-7-12/h3-7,10-11,23H,8-9H2,1-2H3,(H2,17,18,20,21)/t11-/m1/s1. The number of aryl methyl sites for hydroxylation is 1. The smallest absolute Gasteiger partial charge is 0.226 e. The highest BCUT2D eigenvalue weighted by molar-refractivity contribution is 5.87. The van der Waals surface area contributed by atoms with E-state index in [1.807, 2.05) is 25.2 Å². The van der Waals surface area contributed by atoms with Crippen molar-refractivity contribution < 1.29 is 5.11 Å². The van der Waals surface area contributed by atoms with E-state index in [4.69, 9.17) is 0 Å². The first-order valence-corrected chi connectivity index (χ1v) is 7.53. The molecule has 1 atom stereocenters. The molecule has 1 aromatic carbocycles. The summed E-state index contributed by atoms with van der Waals surface area (Å²) in [6, 6.07) is 10.1. The van der Waals surface area contributed by atoms with Gasteiger partial charge in [0.05, 0.1) is 17.7 Å². The normalized spacial score (nSPS) is 12.3. The van der Waals surface area contributed by atoms with E-state index in [-0.39, 0.29) is 0 Å². The molecule has 0 saturated carbocycles. The van der Waals surface area contributed by atoms with E-state index in [1.165, 1.54) is 5.56 Å². The Labute approximate surface area is 134 Å². The van der Waals surface area contributed by atoms with E-state index in [9.17, 15) is 5.11 Å². The summed E-state index contributed by atoms with van der Waals surface area (Å²) in [6.07, 6.45) is 1.28. The van der Waals surface area contributed by atoms with E-state index in [1.54, 1.807) is 17.8 Å². The van der Waals surface area contributed by atoms with Gasteiger partial charge >= 0.3 is 0 Å². The summed E-state index contributed by atoms with van der Waals surface area (Å²) in [4.78, 5) is 8.95. The van der Waals surface area contributed by atoms with Crippen LogP contribution < -0.4 is 10.6 Å². The third kappa shape index (κ3) is 3.57. The summed E-state index contributed by atoms with van der Waals surface area (Å²) in [6.45, 7) is 2.77. The summed E-state index contributed by atoms with van der Waals surface area (Å²) < 4.78 is 1.71. The van der Waals surface area contributed by atoms with Crippen LogP contribution >= 0.6 is 0 Å². The monoisotopic (exact) mass is 312 g/mol. The number of fused-ring (bicyclic) bond motifs is 1. The van der Waals surface area contributed by atoms with Gasteiger partial charge in [-0.1, -0.05) is 30.3 Å². The van der Waals surface area contributed by atoms with Gasteiger partial charge in [-0.2, -0.15) is 15.1 Å². The van der Waals surface area contributed by atoms with Gasteiger partial charge in [-0.3, -0.25) is 4.68 Å². The predicted octanol–water partition coefficient (Wildman–Crippen LogP) is 1.77. The quantitative estimate of drug-likeness (QED) is 0.643. The molecule has 0 unspecified atom stereocenters. The van der Waals surface area contributed by atoms with Crippen molar-refractivity contribution in [1.29, 1.82) is 0 Å². The molecule has 7 heteroatoms. The molecule has 0 aliphatic heterocycles. The Kier molecular flexibility index (Phi) is 4.38. The third-order valence-corrected chi connectivity index (χ3v) is 3.45. The highest BCUT2D eigenvalue weighted by Gasteiger charge is 2.11. The molecule has 0 fully saturated rings. The van der Waals surface area contributed by atoms with Crippen LogP contribution in [0.15, 0.2) is 36.5 Å². The first kappa shape index (κ1) is 15.2. The van der Waals surface area contributed by atoms with Crippen molar-refractivity contribution in [2.75, 3.05) is 17.2 Å². The highest BCUT2D eigenvalue weighted by Crippen LogP contribution is 2.22. The zero-order chi connectivity index (χ0) is 16.2. The van der Waals surface area contributed by atoms with Gasteiger partial charge in [0.2, 0.25) is 5.95 Å². The van der Waals surface area contributed by atoms with Crippen molar-refractivity contribution in [3.05, 3.63) is 42.1 Å². The molecule has 3 N–H and O–H groups in total. The number of aromatic nitrogens is 4. The molecule has 23 heavy (non-hydrogen) atoms. The number of benzene rings is 1. The fourth-order valence-corrected chi connectivity index (χ4v) is 2.26. The van der Waals surface area contributed by atoms with Gasteiger partial charge in [0.25, 0.3) is 0 Å². The molecule has 120 valence electrons. The van der Waals surface area contributed by atoms with Crippen molar-refractivity contribution in [3.8, 4) is 0 Å². The van der Waals surface area contributed by atoms with E-state index in [0.29, 0.717) is 19.0 Å². The zero-order valence-corrected chi connectivity index (χ0v) is 13.2. The second-order valence-electron chi connectivity index (χ2n) is 5.47. The first-order chi connectivity index (χ1) is 11.1. The third-order valence-electron chi connectivity index (χ3n) is 3.45. The van der Waals surface area contributed by atoms with Crippen LogP contribution in [0.5, 0.6) is 0 Å². The summed E-state index contributed by atoms with van der Waals surface area (Å²) in [5.41, 5.74) is 1.91. The van der Waals surface area contributed by atoms with Gasteiger partial charge in [-0.05, 0) is 12.5 Å². The SMILES string of the molecule is C[C@@H](O)CNc1nc(NCc2ccccc2)c2cnn(C)c2n1.